The molecule has 1 amide bonds. The number of ether oxygens (including phenoxy) is 1. The predicted molar refractivity (Wildman–Crippen MR) is 90.6 cm³/mol. The Labute approximate surface area is 141 Å². The van der Waals surface area contributed by atoms with E-state index in [1.165, 1.54) is 0 Å². The lowest BCUT2D eigenvalue weighted by Gasteiger charge is -2.07. The minimum Gasteiger partial charge on any atom is -0.485 e. The number of aromatic nitrogens is 2. The molecule has 0 aliphatic heterocycles. The molecule has 0 saturated carbocycles. The number of unbranched alkanes of at least 4 members (excludes halogenated alkanes) is 3. The minimum absolute atomic E-state index is 0.0266. The van der Waals surface area contributed by atoms with Crippen molar-refractivity contribution in [3.05, 3.63) is 36.0 Å². The summed E-state index contributed by atoms with van der Waals surface area (Å²) in [5.74, 6) is 1.71. The molecule has 2 aromatic rings. The highest BCUT2D eigenvalue weighted by Gasteiger charge is 2.05. The van der Waals surface area contributed by atoms with Crippen molar-refractivity contribution in [1.29, 1.82) is 0 Å². The van der Waals surface area contributed by atoms with Gasteiger partial charge in [-0.1, -0.05) is 18.0 Å². The van der Waals surface area contributed by atoms with Gasteiger partial charge in [0.05, 0.1) is 0 Å². The van der Waals surface area contributed by atoms with E-state index in [9.17, 15) is 4.79 Å². The molecule has 3 N–H and O–H groups in total. The van der Waals surface area contributed by atoms with E-state index in [4.69, 9.17) is 15.0 Å². The van der Waals surface area contributed by atoms with Crippen LogP contribution >= 0.6 is 0 Å². The summed E-state index contributed by atoms with van der Waals surface area (Å²) in [5, 5.41) is 6.64. The highest BCUT2D eigenvalue weighted by molar-refractivity contribution is 5.90. The van der Waals surface area contributed by atoms with Gasteiger partial charge in [0.25, 0.3) is 0 Å². The van der Waals surface area contributed by atoms with Gasteiger partial charge in [0.15, 0.2) is 6.61 Å². The Bertz CT molecular complexity index is 625. The number of nitrogens with two attached hydrogens (primary N) is 1. The number of hydrogen-bond acceptors (Lipinski definition) is 6. The van der Waals surface area contributed by atoms with Crippen LogP contribution in [-0.4, -0.2) is 22.6 Å². The van der Waals surface area contributed by atoms with Crippen LogP contribution in [0.5, 0.6) is 5.75 Å². The number of hydrogen-bond donors (Lipinski definition) is 2. The molecule has 7 nitrogen and oxygen atoms in total. The van der Waals surface area contributed by atoms with Crippen molar-refractivity contribution in [2.45, 2.75) is 45.6 Å². The smallest absolute Gasteiger partial charge is 0.224 e. The van der Waals surface area contributed by atoms with E-state index in [0.29, 0.717) is 30.4 Å². The van der Waals surface area contributed by atoms with Crippen LogP contribution < -0.4 is 15.8 Å². The summed E-state index contributed by atoms with van der Waals surface area (Å²) < 4.78 is 10.4. The molecule has 130 valence electrons. The van der Waals surface area contributed by atoms with Gasteiger partial charge in [-0.3, -0.25) is 4.79 Å². The first-order valence-corrected chi connectivity index (χ1v) is 8.19. The molecule has 0 aliphatic carbocycles. The molecule has 1 aromatic heterocycles. The lowest BCUT2D eigenvalue weighted by atomic mass is 10.1. The van der Waals surface area contributed by atoms with Gasteiger partial charge in [-0.2, -0.15) is 4.98 Å². The number of nitrogens with one attached hydrogen (secondary N) is 1. The normalized spacial score (nSPS) is 10.6. The van der Waals surface area contributed by atoms with E-state index in [1.54, 1.807) is 19.1 Å². The van der Waals surface area contributed by atoms with E-state index >= 15 is 0 Å². The monoisotopic (exact) mass is 332 g/mol. The average molecular weight is 332 g/mol. The Hall–Kier alpha value is -2.41. The molecule has 24 heavy (non-hydrogen) atoms. The van der Waals surface area contributed by atoms with Crippen LogP contribution in [0.15, 0.2) is 28.8 Å². The van der Waals surface area contributed by atoms with Crippen molar-refractivity contribution in [2.24, 2.45) is 5.73 Å². The van der Waals surface area contributed by atoms with Gasteiger partial charge in [-0.25, -0.2) is 0 Å². The number of aryl methyl sites for hydroxylation is 1. The zero-order chi connectivity index (χ0) is 17.2. The summed E-state index contributed by atoms with van der Waals surface area (Å²) in [4.78, 5) is 15.9. The highest BCUT2D eigenvalue weighted by atomic mass is 16.5. The standard InChI is InChI=1S/C17H24N4O3/c1-13-19-16(21-24-13)12-23-15-9-7-14(8-10-15)20-17(22)6-4-2-3-5-11-18/h7-10H,2-6,11-12,18H2,1H3,(H,20,22). The van der Waals surface area contributed by atoms with Crippen molar-refractivity contribution >= 4 is 11.6 Å². The molecule has 1 heterocycles. The van der Waals surface area contributed by atoms with Crippen molar-refractivity contribution in [2.75, 3.05) is 11.9 Å². The van der Waals surface area contributed by atoms with Gasteiger partial charge < -0.3 is 20.3 Å². The summed E-state index contributed by atoms with van der Waals surface area (Å²) >= 11 is 0. The van der Waals surface area contributed by atoms with E-state index < -0.39 is 0 Å². The van der Waals surface area contributed by atoms with Gasteiger partial charge in [0.1, 0.15) is 5.75 Å². The Morgan fingerprint density at radius 1 is 1.21 bits per heavy atom. The third-order valence-corrected chi connectivity index (χ3v) is 3.43. The number of benzene rings is 1. The molecular weight excluding hydrogens is 308 g/mol. The summed E-state index contributed by atoms with van der Waals surface area (Å²) in [6.45, 7) is 2.69. The van der Waals surface area contributed by atoms with Crippen LogP contribution in [0.1, 0.15) is 43.8 Å². The second-order valence-corrected chi connectivity index (χ2v) is 5.54. The zero-order valence-corrected chi connectivity index (χ0v) is 14.0. The number of carbonyl (C=O) groups excluding carboxylic acids is 1. The maximum atomic E-state index is 11.8. The fraction of sp³-hybridized carbons (Fsp3) is 0.471. The van der Waals surface area contributed by atoms with Gasteiger partial charge >= 0.3 is 0 Å². The summed E-state index contributed by atoms with van der Waals surface area (Å²) in [5.41, 5.74) is 6.19. The summed E-state index contributed by atoms with van der Waals surface area (Å²) in [6, 6.07) is 7.21. The third-order valence-electron chi connectivity index (χ3n) is 3.43. The van der Waals surface area contributed by atoms with E-state index in [-0.39, 0.29) is 12.5 Å². The Morgan fingerprint density at radius 3 is 2.62 bits per heavy atom. The van der Waals surface area contributed by atoms with E-state index in [1.807, 2.05) is 12.1 Å². The van der Waals surface area contributed by atoms with Crippen LogP contribution in [0.4, 0.5) is 5.69 Å². The SMILES string of the molecule is Cc1nc(COc2ccc(NC(=O)CCCCCCN)cc2)no1. The van der Waals surface area contributed by atoms with Crippen LogP contribution in [0.3, 0.4) is 0 Å². The molecule has 0 spiro atoms. The van der Waals surface area contributed by atoms with Gasteiger partial charge in [-0.15, -0.1) is 0 Å². The minimum atomic E-state index is 0.0266. The van der Waals surface area contributed by atoms with Crippen LogP contribution in [0, 0.1) is 6.92 Å². The third kappa shape index (κ3) is 6.37. The number of amides is 1. The number of rotatable bonds is 10. The number of nitrogens with zero attached hydrogens (tertiary/aromatic N) is 2. The van der Waals surface area contributed by atoms with Crippen LogP contribution in [0.2, 0.25) is 0 Å². The van der Waals surface area contributed by atoms with Crippen molar-refractivity contribution < 1.29 is 14.1 Å². The predicted octanol–water partition coefficient (Wildman–Crippen LogP) is 2.80. The molecule has 2 rings (SSSR count). The van der Waals surface area contributed by atoms with E-state index in [0.717, 1.165) is 31.4 Å². The van der Waals surface area contributed by atoms with Crippen molar-refractivity contribution in [3.8, 4) is 5.75 Å². The fourth-order valence-electron chi connectivity index (χ4n) is 2.19. The molecular formula is C17H24N4O3. The topological polar surface area (TPSA) is 103 Å². The zero-order valence-electron chi connectivity index (χ0n) is 14.0. The molecule has 0 aliphatic rings. The fourth-order valence-corrected chi connectivity index (χ4v) is 2.19. The lowest BCUT2D eigenvalue weighted by Crippen LogP contribution is -2.11. The van der Waals surface area contributed by atoms with Gasteiger partial charge in [-0.05, 0) is 43.7 Å². The second-order valence-electron chi connectivity index (χ2n) is 5.54. The number of anilines is 1. The first kappa shape index (κ1) is 17.9. The van der Waals surface area contributed by atoms with Crippen LogP contribution in [0.25, 0.3) is 0 Å². The lowest BCUT2D eigenvalue weighted by molar-refractivity contribution is -0.116. The van der Waals surface area contributed by atoms with Gasteiger partial charge in [0, 0.05) is 19.0 Å². The largest absolute Gasteiger partial charge is 0.485 e. The van der Waals surface area contributed by atoms with E-state index in [2.05, 4.69) is 15.5 Å². The maximum Gasteiger partial charge on any atom is 0.224 e. The highest BCUT2D eigenvalue weighted by Crippen LogP contribution is 2.17. The Kier molecular flexibility index (Phi) is 7.22. The molecule has 0 saturated heterocycles. The average Bonchev–Trinajstić information content (AvgIpc) is 2.99. The van der Waals surface area contributed by atoms with Gasteiger partial charge in [0.2, 0.25) is 17.6 Å². The first-order valence-electron chi connectivity index (χ1n) is 8.19. The second kappa shape index (κ2) is 9.67. The molecule has 0 unspecified atom stereocenters. The molecule has 0 atom stereocenters. The molecule has 0 fully saturated rings. The number of carbonyl (C=O) groups is 1. The first-order chi connectivity index (χ1) is 11.7. The summed E-state index contributed by atoms with van der Waals surface area (Å²) in [6.07, 6.45) is 4.55. The molecule has 1 aromatic carbocycles. The Balaban J connectivity index is 1.70. The molecule has 0 radical (unpaired) electrons. The maximum absolute atomic E-state index is 11.8. The van der Waals surface area contributed by atoms with Crippen molar-refractivity contribution in [1.82, 2.24) is 10.1 Å². The summed E-state index contributed by atoms with van der Waals surface area (Å²) in [7, 11) is 0. The molecule has 0 bridgehead atoms. The molecule has 7 heteroatoms. The van der Waals surface area contributed by atoms with Crippen LogP contribution in [-0.2, 0) is 11.4 Å². The quantitative estimate of drug-likeness (QED) is 0.648. The Morgan fingerprint density at radius 2 is 1.96 bits per heavy atom. The van der Waals surface area contributed by atoms with Crippen molar-refractivity contribution in [3.63, 3.8) is 0 Å².